The fourth-order valence-corrected chi connectivity index (χ4v) is 3.99. The quantitative estimate of drug-likeness (QED) is 0.501. The Morgan fingerprint density at radius 1 is 0.935 bits per heavy atom. The second kappa shape index (κ2) is 9.83. The molecule has 0 unspecified atom stereocenters. The standard InChI is InChI=1S/C24H27N5OS/c1-17-16-22(28-24(25-17)29-14-4-3-5-15-29)26-19-8-10-20(11-9-19)27-23(30)18-6-12-21(31-2)13-7-18/h6-13,16H,3-5,14-15H2,1-2H3,(H,27,30)(H,25,26,28). The van der Waals surface area contributed by atoms with Gasteiger partial charge in [-0.05, 0) is 81.0 Å². The lowest BCUT2D eigenvalue weighted by molar-refractivity contribution is 0.102. The number of benzene rings is 2. The number of aromatic nitrogens is 2. The minimum absolute atomic E-state index is 0.119. The van der Waals surface area contributed by atoms with E-state index in [2.05, 4.69) is 20.5 Å². The molecule has 0 bridgehead atoms. The highest BCUT2D eigenvalue weighted by Crippen LogP contribution is 2.22. The molecular weight excluding hydrogens is 406 g/mol. The maximum Gasteiger partial charge on any atom is 0.255 e. The van der Waals surface area contributed by atoms with Crippen molar-refractivity contribution in [2.24, 2.45) is 0 Å². The van der Waals surface area contributed by atoms with Gasteiger partial charge in [0.2, 0.25) is 5.95 Å². The topological polar surface area (TPSA) is 70.2 Å². The van der Waals surface area contributed by atoms with Crippen LogP contribution in [0.4, 0.5) is 23.1 Å². The van der Waals surface area contributed by atoms with Gasteiger partial charge in [0.15, 0.2) is 0 Å². The third-order valence-corrected chi connectivity index (χ3v) is 5.99. The van der Waals surface area contributed by atoms with E-state index >= 15 is 0 Å². The Balaban J connectivity index is 1.41. The lowest BCUT2D eigenvalue weighted by Crippen LogP contribution is -2.31. The Labute approximate surface area is 187 Å². The van der Waals surface area contributed by atoms with Crippen LogP contribution in [0.25, 0.3) is 0 Å². The van der Waals surface area contributed by atoms with Gasteiger partial charge in [0, 0.05) is 46.7 Å². The average Bonchev–Trinajstić information content (AvgIpc) is 2.80. The fourth-order valence-electron chi connectivity index (χ4n) is 3.58. The van der Waals surface area contributed by atoms with E-state index in [1.54, 1.807) is 11.8 Å². The third kappa shape index (κ3) is 5.55. The monoisotopic (exact) mass is 433 g/mol. The minimum atomic E-state index is -0.119. The minimum Gasteiger partial charge on any atom is -0.341 e. The van der Waals surface area contributed by atoms with Crippen LogP contribution in [0, 0.1) is 6.92 Å². The number of aryl methyl sites for hydroxylation is 1. The number of amides is 1. The van der Waals surface area contributed by atoms with Gasteiger partial charge in [0.1, 0.15) is 5.82 Å². The molecule has 1 aliphatic heterocycles. The molecule has 1 aromatic heterocycles. The van der Waals surface area contributed by atoms with Gasteiger partial charge < -0.3 is 15.5 Å². The smallest absolute Gasteiger partial charge is 0.255 e. The Kier molecular flexibility index (Phi) is 6.72. The zero-order valence-corrected chi connectivity index (χ0v) is 18.7. The molecule has 0 aliphatic carbocycles. The highest BCUT2D eigenvalue weighted by Gasteiger charge is 2.15. The summed E-state index contributed by atoms with van der Waals surface area (Å²) in [6.45, 7) is 4.01. The van der Waals surface area contributed by atoms with E-state index in [0.717, 1.165) is 46.8 Å². The van der Waals surface area contributed by atoms with Crippen molar-refractivity contribution in [2.45, 2.75) is 31.1 Å². The molecule has 7 heteroatoms. The molecular formula is C24H27N5OS. The van der Waals surface area contributed by atoms with Crippen molar-refractivity contribution in [2.75, 3.05) is 34.9 Å². The van der Waals surface area contributed by atoms with Crippen molar-refractivity contribution >= 4 is 40.8 Å². The van der Waals surface area contributed by atoms with Gasteiger partial charge in [-0.15, -0.1) is 11.8 Å². The summed E-state index contributed by atoms with van der Waals surface area (Å²) in [4.78, 5) is 25.2. The highest BCUT2D eigenvalue weighted by molar-refractivity contribution is 7.98. The predicted octanol–water partition coefficient (Wildman–Crippen LogP) is 5.49. The van der Waals surface area contributed by atoms with Crippen molar-refractivity contribution in [1.29, 1.82) is 0 Å². The van der Waals surface area contributed by atoms with E-state index in [0.29, 0.717) is 5.56 Å². The van der Waals surface area contributed by atoms with E-state index in [9.17, 15) is 4.79 Å². The number of hydrogen-bond acceptors (Lipinski definition) is 6. The first-order chi connectivity index (χ1) is 15.1. The highest BCUT2D eigenvalue weighted by atomic mass is 32.2. The van der Waals surface area contributed by atoms with Crippen molar-refractivity contribution < 1.29 is 4.79 Å². The van der Waals surface area contributed by atoms with Crippen molar-refractivity contribution in [3.8, 4) is 0 Å². The molecule has 1 amide bonds. The van der Waals surface area contributed by atoms with Crippen LogP contribution in [-0.4, -0.2) is 35.2 Å². The zero-order valence-electron chi connectivity index (χ0n) is 17.9. The number of hydrogen-bond donors (Lipinski definition) is 2. The number of anilines is 4. The second-order valence-electron chi connectivity index (χ2n) is 7.63. The summed E-state index contributed by atoms with van der Waals surface area (Å²) >= 11 is 1.65. The molecule has 1 aliphatic rings. The summed E-state index contributed by atoms with van der Waals surface area (Å²) in [7, 11) is 0. The van der Waals surface area contributed by atoms with Crippen LogP contribution in [0.15, 0.2) is 59.5 Å². The zero-order chi connectivity index (χ0) is 21.6. The van der Waals surface area contributed by atoms with Gasteiger partial charge >= 0.3 is 0 Å². The number of piperidine rings is 1. The maximum atomic E-state index is 12.5. The van der Waals surface area contributed by atoms with Crippen LogP contribution in [0.2, 0.25) is 0 Å². The summed E-state index contributed by atoms with van der Waals surface area (Å²) in [5, 5.41) is 6.30. The summed E-state index contributed by atoms with van der Waals surface area (Å²) in [6, 6.07) is 17.2. The maximum absolute atomic E-state index is 12.5. The first-order valence-corrected chi connectivity index (χ1v) is 11.8. The van der Waals surface area contributed by atoms with E-state index in [-0.39, 0.29) is 5.91 Å². The van der Waals surface area contributed by atoms with Crippen molar-refractivity contribution in [3.63, 3.8) is 0 Å². The van der Waals surface area contributed by atoms with Crippen LogP contribution in [0.5, 0.6) is 0 Å². The van der Waals surface area contributed by atoms with Gasteiger partial charge in [-0.2, -0.15) is 4.98 Å². The molecule has 2 heterocycles. The van der Waals surface area contributed by atoms with Crippen LogP contribution >= 0.6 is 11.8 Å². The molecule has 160 valence electrons. The molecule has 4 rings (SSSR count). The Hall–Kier alpha value is -3.06. The number of thioether (sulfide) groups is 1. The van der Waals surface area contributed by atoms with Gasteiger partial charge in [-0.3, -0.25) is 4.79 Å². The molecule has 1 fully saturated rings. The van der Waals surface area contributed by atoms with Gasteiger partial charge in [0.25, 0.3) is 5.91 Å². The normalized spacial score (nSPS) is 13.7. The molecule has 0 radical (unpaired) electrons. The number of rotatable bonds is 6. The molecule has 1 saturated heterocycles. The summed E-state index contributed by atoms with van der Waals surface area (Å²) in [5.41, 5.74) is 3.23. The van der Waals surface area contributed by atoms with Crippen LogP contribution in [0.1, 0.15) is 35.3 Å². The Morgan fingerprint density at radius 3 is 2.29 bits per heavy atom. The third-order valence-electron chi connectivity index (χ3n) is 5.25. The SMILES string of the molecule is CSc1ccc(C(=O)Nc2ccc(Nc3cc(C)nc(N4CCCCC4)n3)cc2)cc1. The van der Waals surface area contributed by atoms with E-state index in [4.69, 9.17) is 4.98 Å². The summed E-state index contributed by atoms with van der Waals surface area (Å²) in [5.74, 6) is 1.45. The lowest BCUT2D eigenvalue weighted by Gasteiger charge is -2.27. The molecule has 6 nitrogen and oxygen atoms in total. The van der Waals surface area contributed by atoms with Crippen LogP contribution in [0.3, 0.4) is 0 Å². The van der Waals surface area contributed by atoms with E-state index in [1.807, 2.05) is 67.8 Å². The summed E-state index contributed by atoms with van der Waals surface area (Å²) < 4.78 is 0. The molecule has 2 aromatic carbocycles. The average molecular weight is 434 g/mol. The van der Waals surface area contributed by atoms with Crippen LogP contribution < -0.4 is 15.5 Å². The van der Waals surface area contributed by atoms with Gasteiger partial charge in [0.05, 0.1) is 0 Å². The molecule has 0 saturated carbocycles. The Bertz CT molecular complexity index is 1030. The van der Waals surface area contributed by atoms with Crippen molar-refractivity contribution in [3.05, 3.63) is 65.9 Å². The largest absolute Gasteiger partial charge is 0.341 e. The molecule has 31 heavy (non-hydrogen) atoms. The molecule has 0 spiro atoms. The summed E-state index contributed by atoms with van der Waals surface area (Å²) in [6.07, 6.45) is 5.67. The Morgan fingerprint density at radius 2 is 1.61 bits per heavy atom. The van der Waals surface area contributed by atoms with Crippen molar-refractivity contribution in [1.82, 2.24) is 9.97 Å². The molecule has 2 N–H and O–H groups in total. The lowest BCUT2D eigenvalue weighted by atomic mass is 10.1. The second-order valence-corrected chi connectivity index (χ2v) is 8.51. The van der Waals surface area contributed by atoms with Crippen LogP contribution in [-0.2, 0) is 0 Å². The number of nitrogens with one attached hydrogen (secondary N) is 2. The first-order valence-electron chi connectivity index (χ1n) is 10.5. The number of carbonyl (C=O) groups is 1. The number of carbonyl (C=O) groups excluding carboxylic acids is 1. The first kappa shape index (κ1) is 21.2. The fraction of sp³-hybridized carbons (Fsp3) is 0.292. The predicted molar refractivity (Wildman–Crippen MR) is 129 cm³/mol. The molecule has 3 aromatic rings. The molecule has 0 atom stereocenters. The van der Waals surface area contributed by atoms with Gasteiger partial charge in [-0.25, -0.2) is 4.98 Å². The van der Waals surface area contributed by atoms with Gasteiger partial charge in [-0.1, -0.05) is 0 Å². The van der Waals surface area contributed by atoms with E-state index < -0.39 is 0 Å². The number of nitrogens with zero attached hydrogens (tertiary/aromatic N) is 3. The van der Waals surface area contributed by atoms with E-state index in [1.165, 1.54) is 19.3 Å².